The summed E-state index contributed by atoms with van der Waals surface area (Å²) in [4.78, 5) is 24.6. The Morgan fingerprint density at radius 3 is 2.88 bits per heavy atom. The van der Waals surface area contributed by atoms with Gasteiger partial charge < -0.3 is 14.8 Å². The maximum absolute atomic E-state index is 14.3. The van der Waals surface area contributed by atoms with Crippen LogP contribution in [0.25, 0.3) is 0 Å². The molecule has 1 aromatic rings. The van der Waals surface area contributed by atoms with Crippen LogP contribution in [0.5, 0.6) is 0 Å². The van der Waals surface area contributed by atoms with Crippen molar-refractivity contribution in [3.05, 3.63) is 57.7 Å². The molecule has 0 unspecified atom stereocenters. The lowest BCUT2D eigenvalue weighted by atomic mass is 9.78. The van der Waals surface area contributed by atoms with Crippen molar-refractivity contribution in [2.45, 2.75) is 26.2 Å². The van der Waals surface area contributed by atoms with Crippen LogP contribution in [-0.4, -0.2) is 25.7 Å². The summed E-state index contributed by atoms with van der Waals surface area (Å²) >= 11 is 0. The lowest BCUT2D eigenvalue weighted by Crippen LogP contribution is -2.30. The van der Waals surface area contributed by atoms with Crippen molar-refractivity contribution in [3.8, 4) is 0 Å². The first kappa shape index (κ1) is 16.2. The molecule has 0 radical (unpaired) electrons. The van der Waals surface area contributed by atoms with Gasteiger partial charge in [0.15, 0.2) is 0 Å². The molecule has 0 aromatic heterocycles. The van der Waals surface area contributed by atoms with Crippen LogP contribution in [-0.2, 0) is 25.5 Å². The molecular formula is C18H18FNO4. The van der Waals surface area contributed by atoms with E-state index >= 15 is 0 Å². The predicted octanol–water partition coefficient (Wildman–Crippen LogP) is 2.33. The third kappa shape index (κ3) is 2.38. The van der Waals surface area contributed by atoms with Gasteiger partial charge in [-0.15, -0.1) is 0 Å². The molecular weight excluding hydrogens is 313 g/mol. The zero-order valence-corrected chi connectivity index (χ0v) is 13.7. The van der Waals surface area contributed by atoms with E-state index in [4.69, 9.17) is 9.47 Å². The second-order valence-corrected chi connectivity index (χ2v) is 5.72. The minimum absolute atomic E-state index is 0.118. The summed E-state index contributed by atoms with van der Waals surface area (Å²) in [6.07, 6.45) is 0.442. The summed E-state index contributed by atoms with van der Waals surface area (Å²) in [7, 11) is 1.28. The second-order valence-electron chi connectivity index (χ2n) is 5.72. The predicted molar refractivity (Wildman–Crippen MR) is 84.4 cm³/mol. The highest BCUT2D eigenvalue weighted by Gasteiger charge is 2.42. The lowest BCUT2D eigenvalue weighted by molar-refractivity contribution is -0.136. The molecule has 0 fully saturated rings. The highest BCUT2D eigenvalue weighted by atomic mass is 19.1. The van der Waals surface area contributed by atoms with E-state index in [1.807, 2.05) is 6.92 Å². The summed E-state index contributed by atoms with van der Waals surface area (Å²) in [6, 6.07) is 4.70. The van der Waals surface area contributed by atoms with Crippen molar-refractivity contribution >= 4 is 11.9 Å². The quantitative estimate of drug-likeness (QED) is 0.861. The highest BCUT2D eigenvalue weighted by molar-refractivity contribution is 6.01. The molecule has 2 aliphatic heterocycles. The number of allylic oxidation sites excluding steroid dienone is 1. The summed E-state index contributed by atoms with van der Waals surface area (Å²) < 4.78 is 24.3. The van der Waals surface area contributed by atoms with Gasteiger partial charge in [0.2, 0.25) is 0 Å². The average molecular weight is 331 g/mol. The van der Waals surface area contributed by atoms with E-state index in [1.165, 1.54) is 13.2 Å². The first-order valence-electron chi connectivity index (χ1n) is 7.73. The fourth-order valence-electron chi connectivity index (χ4n) is 3.38. The van der Waals surface area contributed by atoms with Gasteiger partial charge in [0.25, 0.3) is 0 Å². The van der Waals surface area contributed by atoms with Crippen molar-refractivity contribution in [3.63, 3.8) is 0 Å². The normalized spacial score (nSPS) is 19.8. The van der Waals surface area contributed by atoms with Crippen molar-refractivity contribution in [2.24, 2.45) is 0 Å². The van der Waals surface area contributed by atoms with Crippen molar-refractivity contribution in [2.75, 3.05) is 13.7 Å². The van der Waals surface area contributed by atoms with E-state index < -0.39 is 17.9 Å². The number of carbonyl (C=O) groups is 2. The van der Waals surface area contributed by atoms with Gasteiger partial charge in [-0.3, -0.25) is 0 Å². The van der Waals surface area contributed by atoms with Crippen LogP contribution < -0.4 is 5.32 Å². The van der Waals surface area contributed by atoms with E-state index in [0.29, 0.717) is 40.1 Å². The maximum Gasteiger partial charge on any atom is 0.337 e. The van der Waals surface area contributed by atoms with Gasteiger partial charge >= 0.3 is 11.9 Å². The summed E-state index contributed by atoms with van der Waals surface area (Å²) in [5.41, 5.74) is 2.91. The Morgan fingerprint density at radius 2 is 2.21 bits per heavy atom. The average Bonchev–Trinajstić information content (AvgIpc) is 2.93. The zero-order valence-electron chi connectivity index (χ0n) is 13.7. The molecule has 2 aliphatic rings. The van der Waals surface area contributed by atoms with Gasteiger partial charge in [0.05, 0.1) is 29.9 Å². The number of methoxy groups -OCH3 is 1. The zero-order chi connectivity index (χ0) is 17.4. The number of hydrogen-bond acceptors (Lipinski definition) is 5. The number of dihydropyridines is 1. The fourth-order valence-corrected chi connectivity index (χ4v) is 3.38. The van der Waals surface area contributed by atoms with E-state index in [-0.39, 0.29) is 12.4 Å². The van der Waals surface area contributed by atoms with Gasteiger partial charge in [-0.2, -0.15) is 0 Å². The molecule has 0 spiro atoms. The van der Waals surface area contributed by atoms with E-state index in [1.54, 1.807) is 19.1 Å². The molecule has 24 heavy (non-hydrogen) atoms. The Hall–Kier alpha value is -2.63. The van der Waals surface area contributed by atoms with E-state index in [2.05, 4.69) is 5.32 Å². The molecule has 0 saturated heterocycles. The minimum atomic E-state index is -0.700. The van der Waals surface area contributed by atoms with Crippen molar-refractivity contribution in [1.82, 2.24) is 5.32 Å². The maximum atomic E-state index is 14.3. The number of benzene rings is 1. The smallest absolute Gasteiger partial charge is 0.337 e. The van der Waals surface area contributed by atoms with Crippen LogP contribution in [0.2, 0.25) is 0 Å². The fraction of sp³-hybridized carbons (Fsp3) is 0.333. The number of ether oxygens (including phenoxy) is 2. The standard InChI is InChI=1S/C18H18FNO4/c1-4-10-11(6-5-7-12(10)19)15-14(17(21)23-3)9(2)20-13-8-24-18(22)16(13)15/h5-7,15,20H,4,8H2,1-3H3/t15-/m0/s1. The van der Waals surface area contributed by atoms with Gasteiger partial charge in [-0.05, 0) is 30.5 Å². The van der Waals surface area contributed by atoms with Crippen LogP contribution in [0.15, 0.2) is 40.7 Å². The molecule has 0 saturated carbocycles. The van der Waals surface area contributed by atoms with Gasteiger partial charge in [0, 0.05) is 5.70 Å². The number of halogens is 1. The van der Waals surface area contributed by atoms with Crippen molar-refractivity contribution in [1.29, 1.82) is 0 Å². The van der Waals surface area contributed by atoms with E-state index in [0.717, 1.165) is 0 Å². The Balaban J connectivity index is 2.26. The molecule has 3 rings (SSSR count). The second kappa shape index (κ2) is 6.11. The Morgan fingerprint density at radius 1 is 1.46 bits per heavy atom. The van der Waals surface area contributed by atoms with Gasteiger partial charge in [-0.1, -0.05) is 19.1 Å². The molecule has 1 atom stereocenters. The van der Waals surface area contributed by atoms with Crippen LogP contribution in [0.4, 0.5) is 4.39 Å². The molecule has 0 aliphatic carbocycles. The summed E-state index contributed by atoms with van der Waals surface area (Å²) in [5, 5.41) is 3.04. The van der Waals surface area contributed by atoms with Gasteiger partial charge in [-0.25, -0.2) is 14.0 Å². The number of hydrogen-bond donors (Lipinski definition) is 1. The number of cyclic esters (lactones) is 1. The largest absolute Gasteiger partial charge is 0.466 e. The molecule has 1 aromatic carbocycles. The van der Waals surface area contributed by atoms with Crippen LogP contribution in [0.3, 0.4) is 0 Å². The van der Waals surface area contributed by atoms with Crippen LogP contribution in [0, 0.1) is 5.82 Å². The number of rotatable bonds is 3. The molecule has 5 nitrogen and oxygen atoms in total. The summed E-state index contributed by atoms with van der Waals surface area (Å²) in [6.45, 7) is 3.68. The SMILES string of the molecule is CCc1c(F)cccc1[C@H]1C(C(=O)OC)=C(C)NC2=C1C(=O)OC2. The Bertz CT molecular complexity index is 794. The Kier molecular flexibility index (Phi) is 4.13. The van der Waals surface area contributed by atoms with Crippen molar-refractivity contribution < 1.29 is 23.5 Å². The number of esters is 2. The number of carbonyl (C=O) groups excluding carboxylic acids is 2. The molecule has 6 heteroatoms. The van der Waals surface area contributed by atoms with Gasteiger partial charge in [0.1, 0.15) is 12.4 Å². The third-order valence-corrected chi connectivity index (χ3v) is 4.44. The van der Waals surface area contributed by atoms with E-state index in [9.17, 15) is 14.0 Å². The van der Waals surface area contributed by atoms with Crippen LogP contribution in [0.1, 0.15) is 30.9 Å². The minimum Gasteiger partial charge on any atom is -0.466 e. The van der Waals surface area contributed by atoms with Crippen LogP contribution >= 0.6 is 0 Å². The topological polar surface area (TPSA) is 64.6 Å². The molecule has 0 bridgehead atoms. The Labute approximate surface area is 139 Å². The first-order chi connectivity index (χ1) is 11.5. The monoisotopic (exact) mass is 331 g/mol. The molecule has 2 heterocycles. The number of nitrogens with one attached hydrogen (secondary N) is 1. The highest BCUT2D eigenvalue weighted by Crippen LogP contribution is 2.42. The first-order valence-corrected chi connectivity index (χ1v) is 7.73. The molecule has 126 valence electrons. The molecule has 0 amide bonds. The summed E-state index contributed by atoms with van der Waals surface area (Å²) in [5.74, 6) is -2.11. The molecule has 1 N–H and O–H groups in total. The third-order valence-electron chi connectivity index (χ3n) is 4.44. The lowest BCUT2D eigenvalue weighted by Gasteiger charge is -2.28.